The van der Waals surface area contributed by atoms with E-state index in [-0.39, 0.29) is 25.6 Å². The Hall–Kier alpha value is -3.59. The summed E-state index contributed by atoms with van der Waals surface area (Å²) < 4.78 is 49.7. The molecule has 0 aliphatic carbocycles. The van der Waals surface area contributed by atoms with Crippen LogP contribution in [0.4, 0.5) is 10.1 Å². The second-order valence-electron chi connectivity index (χ2n) is 7.23. The van der Waals surface area contributed by atoms with E-state index in [1.54, 1.807) is 43.5 Å². The zero-order chi connectivity index (χ0) is 23.8. The maximum absolute atomic E-state index is 13.1. The van der Waals surface area contributed by atoms with Gasteiger partial charge in [-0.3, -0.25) is 9.10 Å². The van der Waals surface area contributed by atoms with Crippen molar-refractivity contribution >= 4 is 21.6 Å². The third-order valence-electron chi connectivity index (χ3n) is 4.75. The Morgan fingerprint density at radius 1 is 1.00 bits per heavy atom. The minimum atomic E-state index is -3.59. The van der Waals surface area contributed by atoms with E-state index < -0.39 is 15.8 Å². The van der Waals surface area contributed by atoms with Gasteiger partial charge < -0.3 is 14.8 Å². The highest BCUT2D eigenvalue weighted by atomic mass is 32.2. The number of carbonyl (C=O) groups excluding carboxylic acids is 1. The van der Waals surface area contributed by atoms with Crippen LogP contribution in [-0.2, 0) is 16.6 Å². The summed E-state index contributed by atoms with van der Waals surface area (Å²) in [6, 6.07) is 19.0. The fourth-order valence-electron chi connectivity index (χ4n) is 3.06. The number of halogens is 1. The van der Waals surface area contributed by atoms with Crippen molar-refractivity contribution in [3.05, 3.63) is 89.7 Å². The normalized spacial score (nSPS) is 11.0. The monoisotopic (exact) mass is 472 g/mol. The lowest BCUT2D eigenvalue weighted by Crippen LogP contribution is -2.30. The summed E-state index contributed by atoms with van der Waals surface area (Å²) in [5.41, 5.74) is 1.43. The second-order valence-corrected chi connectivity index (χ2v) is 9.13. The summed E-state index contributed by atoms with van der Waals surface area (Å²) in [6.07, 6.45) is 1.10. The molecule has 0 bridgehead atoms. The Kier molecular flexibility index (Phi) is 7.89. The largest absolute Gasteiger partial charge is 0.497 e. The summed E-state index contributed by atoms with van der Waals surface area (Å²) in [6.45, 7) is 0.612. The van der Waals surface area contributed by atoms with Crippen LogP contribution in [0.3, 0.4) is 0 Å². The van der Waals surface area contributed by atoms with Crippen molar-refractivity contribution < 1.29 is 27.1 Å². The van der Waals surface area contributed by atoms with Crippen molar-refractivity contribution in [1.82, 2.24) is 5.32 Å². The van der Waals surface area contributed by atoms with E-state index in [0.717, 1.165) is 6.26 Å². The minimum Gasteiger partial charge on any atom is -0.497 e. The lowest BCUT2D eigenvalue weighted by Gasteiger charge is -2.22. The number of nitrogens with zero attached hydrogens (tertiary/aromatic N) is 1. The molecule has 7 nitrogen and oxygen atoms in total. The highest BCUT2D eigenvalue weighted by Gasteiger charge is 2.18. The third-order valence-corrected chi connectivity index (χ3v) is 5.90. The molecular formula is C24H25FN2O5S. The van der Waals surface area contributed by atoms with E-state index in [9.17, 15) is 17.6 Å². The molecule has 3 aromatic rings. The molecule has 1 N–H and O–H groups in total. The number of benzene rings is 3. The predicted octanol–water partition coefficient (Wildman–Crippen LogP) is 3.61. The van der Waals surface area contributed by atoms with Gasteiger partial charge in [0.15, 0.2) is 0 Å². The summed E-state index contributed by atoms with van der Waals surface area (Å²) in [4.78, 5) is 12.4. The van der Waals surface area contributed by atoms with Gasteiger partial charge in [-0.25, -0.2) is 12.8 Å². The van der Waals surface area contributed by atoms with Gasteiger partial charge in [0.25, 0.3) is 5.91 Å². The fourth-order valence-corrected chi connectivity index (χ4v) is 3.95. The lowest BCUT2D eigenvalue weighted by molar-refractivity contribution is 0.0947. The molecule has 3 aromatic carbocycles. The van der Waals surface area contributed by atoms with Gasteiger partial charge in [0, 0.05) is 11.6 Å². The number of carbonyl (C=O) groups is 1. The van der Waals surface area contributed by atoms with Crippen LogP contribution in [0, 0.1) is 5.82 Å². The Balaban J connectivity index is 1.58. The van der Waals surface area contributed by atoms with Gasteiger partial charge in [0.2, 0.25) is 10.0 Å². The van der Waals surface area contributed by atoms with E-state index in [0.29, 0.717) is 28.3 Å². The van der Waals surface area contributed by atoms with Crippen molar-refractivity contribution in [2.24, 2.45) is 0 Å². The zero-order valence-electron chi connectivity index (χ0n) is 18.3. The number of amides is 1. The first-order valence-electron chi connectivity index (χ1n) is 10.1. The van der Waals surface area contributed by atoms with Gasteiger partial charge >= 0.3 is 0 Å². The molecule has 0 atom stereocenters. The van der Waals surface area contributed by atoms with Crippen LogP contribution < -0.4 is 19.1 Å². The Morgan fingerprint density at radius 2 is 1.67 bits per heavy atom. The molecule has 0 spiro atoms. The van der Waals surface area contributed by atoms with E-state index >= 15 is 0 Å². The number of nitrogens with one attached hydrogen (secondary N) is 1. The van der Waals surface area contributed by atoms with Crippen LogP contribution in [0.15, 0.2) is 72.8 Å². The molecule has 0 radical (unpaired) electrons. The Labute approximate surface area is 192 Å². The van der Waals surface area contributed by atoms with Crippen molar-refractivity contribution in [3.8, 4) is 11.5 Å². The standard InChI is InChI=1S/C24H25FN2O5S/c1-31-22-4-3-5-23(16-22)32-15-14-26-24(28)19-8-12-21(13-9-19)27(33(2,29)30)17-18-6-10-20(25)11-7-18/h3-13,16H,14-15,17H2,1-2H3,(H,26,28). The average molecular weight is 473 g/mol. The number of rotatable bonds is 10. The molecule has 0 aromatic heterocycles. The summed E-state index contributed by atoms with van der Waals surface area (Å²) in [5.74, 6) is 0.614. The van der Waals surface area contributed by atoms with Crippen molar-refractivity contribution in [1.29, 1.82) is 0 Å². The lowest BCUT2D eigenvalue weighted by atomic mass is 10.1. The molecule has 1 amide bonds. The maximum atomic E-state index is 13.1. The van der Waals surface area contributed by atoms with Gasteiger partial charge in [-0.2, -0.15) is 0 Å². The predicted molar refractivity (Wildman–Crippen MR) is 125 cm³/mol. The van der Waals surface area contributed by atoms with Crippen LogP contribution in [-0.4, -0.2) is 40.8 Å². The molecule has 0 aliphatic rings. The first kappa shape index (κ1) is 24.1. The third kappa shape index (κ3) is 6.95. The van der Waals surface area contributed by atoms with E-state index in [1.165, 1.54) is 28.6 Å². The number of hydrogen-bond acceptors (Lipinski definition) is 5. The van der Waals surface area contributed by atoms with Gasteiger partial charge in [-0.1, -0.05) is 18.2 Å². The highest BCUT2D eigenvalue weighted by molar-refractivity contribution is 7.92. The van der Waals surface area contributed by atoms with Crippen molar-refractivity contribution in [2.45, 2.75) is 6.54 Å². The van der Waals surface area contributed by atoms with Gasteiger partial charge in [0.05, 0.1) is 32.1 Å². The molecule has 9 heteroatoms. The van der Waals surface area contributed by atoms with Crippen LogP contribution >= 0.6 is 0 Å². The van der Waals surface area contributed by atoms with Crippen LogP contribution in [0.2, 0.25) is 0 Å². The fraction of sp³-hybridized carbons (Fsp3) is 0.208. The second kappa shape index (κ2) is 10.8. The minimum absolute atomic E-state index is 0.0479. The smallest absolute Gasteiger partial charge is 0.251 e. The first-order valence-corrected chi connectivity index (χ1v) is 12.0. The average Bonchev–Trinajstić information content (AvgIpc) is 2.81. The molecule has 0 unspecified atom stereocenters. The number of ether oxygens (including phenoxy) is 2. The number of methoxy groups -OCH3 is 1. The molecule has 0 saturated carbocycles. The molecule has 0 heterocycles. The van der Waals surface area contributed by atoms with Crippen LogP contribution in [0.1, 0.15) is 15.9 Å². The summed E-state index contributed by atoms with van der Waals surface area (Å²) in [5, 5.41) is 2.76. The van der Waals surface area contributed by atoms with Crippen LogP contribution in [0.5, 0.6) is 11.5 Å². The van der Waals surface area contributed by atoms with Crippen LogP contribution in [0.25, 0.3) is 0 Å². The molecular weight excluding hydrogens is 447 g/mol. The number of hydrogen-bond donors (Lipinski definition) is 1. The molecule has 33 heavy (non-hydrogen) atoms. The molecule has 0 aliphatic heterocycles. The SMILES string of the molecule is COc1cccc(OCCNC(=O)c2ccc(N(Cc3ccc(F)cc3)S(C)(=O)=O)cc2)c1. The Morgan fingerprint density at radius 3 is 2.30 bits per heavy atom. The number of sulfonamides is 1. The topological polar surface area (TPSA) is 84.9 Å². The quantitative estimate of drug-likeness (QED) is 0.456. The maximum Gasteiger partial charge on any atom is 0.251 e. The molecule has 3 rings (SSSR count). The van der Waals surface area contributed by atoms with E-state index in [1.807, 2.05) is 12.1 Å². The van der Waals surface area contributed by atoms with E-state index in [2.05, 4.69) is 5.32 Å². The molecule has 0 saturated heterocycles. The van der Waals surface area contributed by atoms with Gasteiger partial charge in [0.1, 0.15) is 23.9 Å². The van der Waals surface area contributed by atoms with Crippen molar-refractivity contribution in [3.63, 3.8) is 0 Å². The van der Waals surface area contributed by atoms with Gasteiger partial charge in [-0.05, 0) is 54.1 Å². The van der Waals surface area contributed by atoms with E-state index in [4.69, 9.17) is 9.47 Å². The van der Waals surface area contributed by atoms with Gasteiger partial charge in [-0.15, -0.1) is 0 Å². The van der Waals surface area contributed by atoms with Crippen molar-refractivity contribution in [2.75, 3.05) is 30.8 Å². The first-order chi connectivity index (χ1) is 15.8. The molecule has 0 fully saturated rings. The summed E-state index contributed by atoms with van der Waals surface area (Å²) >= 11 is 0. The highest BCUT2D eigenvalue weighted by Crippen LogP contribution is 2.22. The number of anilines is 1. The Bertz CT molecular complexity index is 1180. The molecule has 174 valence electrons. The zero-order valence-corrected chi connectivity index (χ0v) is 19.1. The summed E-state index contributed by atoms with van der Waals surface area (Å²) in [7, 11) is -2.02.